The summed E-state index contributed by atoms with van der Waals surface area (Å²) >= 11 is 0. The summed E-state index contributed by atoms with van der Waals surface area (Å²) in [5.74, 6) is -0.244. The van der Waals surface area contributed by atoms with Crippen LogP contribution >= 0.6 is 0 Å². The highest BCUT2D eigenvalue weighted by Gasteiger charge is 2.26. The van der Waals surface area contributed by atoms with Crippen LogP contribution in [0, 0.1) is 0 Å². The van der Waals surface area contributed by atoms with Gasteiger partial charge in [-0.15, -0.1) is 0 Å². The molecule has 32 heavy (non-hydrogen) atoms. The predicted molar refractivity (Wildman–Crippen MR) is 128 cm³/mol. The highest BCUT2D eigenvalue weighted by Crippen LogP contribution is 2.27. The van der Waals surface area contributed by atoms with E-state index in [0.717, 1.165) is 63.4 Å². The number of hydrogen-bond donors (Lipinski definition) is 1. The molecule has 2 aromatic carbocycles. The van der Waals surface area contributed by atoms with Crippen LogP contribution in [0.25, 0.3) is 0 Å². The van der Waals surface area contributed by atoms with Gasteiger partial charge in [-0.2, -0.15) is 4.31 Å². The quantitative estimate of drug-likeness (QED) is 0.722. The summed E-state index contributed by atoms with van der Waals surface area (Å²) in [6.07, 6.45) is 2.86. The Morgan fingerprint density at radius 3 is 2.19 bits per heavy atom. The van der Waals surface area contributed by atoms with Crippen LogP contribution in [0.3, 0.4) is 0 Å². The van der Waals surface area contributed by atoms with E-state index in [2.05, 4.69) is 22.0 Å². The van der Waals surface area contributed by atoms with E-state index in [-0.39, 0.29) is 10.8 Å². The van der Waals surface area contributed by atoms with Gasteiger partial charge in [0, 0.05) is 44.8 Å². The summed E-state index contributed by atoms with van der Waals surface area (Å²) < 4.78 is 27.2. The Morgan fingerprint density at radius 2 is 1.53 bits per heavy atom. The van der Waals surface area contributed by atoms with Gasteiger partial charge in [-0.05, 0) is 55.8 Å². The SMILES string of the molecule is CCN1CCN(c2ccccc2NC(=O)c2ccc(S(=O)(=O)N3CCCCC3)cc2)CC1. The van der Waals surface area contributed by atoms with Crippen LogP contribution in [0.4, 0.5) is 11.4 Å². The number of sulfonamides is 1. The standard InChI is InChI=1S/C24H32N4O3S/c1-2-26-16-18-27(19-17-26)23-9-5-4-8-22(23)25-24(29)20-10-12-21(13-11-20)32(30,31)28-14-6-3-7-15-28/h4-5,8-13H,2-3,6-7,14-19H2,1H3,(H,25,29). The monoisotopic (exact) mass is 456 g/mol. The number of nitrogens with one attached hydrogen (secondary N) is 1. The molecule has 0 radical (unpaired) electrons. The van der Waals surface area contributed by atoms with Gasteiger partial charge in [-0.1, -0.05) is 25.5 Å². The lowest BCUT2D eigenvalue weighted by Gasteiger charge is -2.36. The lowest BCUT2D eigenvalue weighted by atomic mass is 10.1. The molecule has 0 saturated carbocycles. The summed E-state index contributed by atoms with van der Waals surface area (Å²) in [4.78, 5) is 17.9. The number of carbonyl (C=O) groups is 1. The summed E-state index contributed by atoms with van der Waals surface area (Å²) in [6.45, 7) is 8.20. The Morgan fingerprint density at radius 1 is 0.875 bits per heavy atom. The molecular weight excluding hydrogens is 424 g/mol. The van der Waals surface area contributed by atoms with Gasteiger partial charge in [0.05, 0.1) is 16.3 Å². The molecule has 0 unspecified atom stereocenters. The normalized spacial score (nSPS) is 18.5. The lowest BCUT2D eigenvalue weighted by molar-refractivity contribution is 0.102. The van der Waals surface area contributed by atoms with Crippen LogP contribution in [-0.2, 0) is 10.0 Å². The van der Waals surface area contributed by atoms with E-state index in [1.807, 2.05) is 24.3 Å². The molecule has 2 heterocycles. The zero-order chi connectivity index (χ0) is 22.6. The highest BCUT2D eigenvalue weighted by molar-refractivity contribution is 7.89. The number of amides is 1. The van der Waals surface area contributed by atoms with Gasteiger partial charge in [0.2, 0.25) is 10.0 Å². The molecule has 2 saturated heterocycles. The molecule has 2 aliphatic heterocycles. The molecule has 2 aliphatic rings. The summed E-state index contributed by atoms with van der Waals surface area (Å²) in [5, 5.41) is 3.02. The fourth-order valence-electron chi connectivity index (χ4n) is 4.39. The number of nitrogens with zero attached hydrogens (tertiary/aromatic N) is 3. The third-order valence-corrected chi connectivity index (χ3v) is 8.29. The van der Waals surface area contributed by atoms with Crippen molar-refractivity contribution in [2.45, 2.75) is 31.1 Å². The van der Waals surface area contributed by atoms with Crippen molar-refractivity contribution >= 4 is 27.3 Å². The summed E-state index contributed by atoms with van der Waals surface area (Å²) in [5.41, 5.74) is 2.22. The van der Waals surface area contributed by atoms with E-state index in [4.69, 9.17) is 0 Å². The van der Waals surface area contributed by atoms with Gasteiger partial charge >= 0.3 is 0 Å². The van der Waals surface area contributed by atoms with Crippen LogP contribution in [-0.4, -0.2) is 69.3 Å². The van der Waals surface area contributed by atoms with E-state index in [1.165, 1.54) is 12.1 Å². The van der Waals surface area contributed by atoms with Gasteiger partial charge < -0.3 is 15.1 Å². The fourth-order valence-corrected chi connectivity index (χ4v) is 5.90. The third kappa shape index (κ3) is 4.98. The van der Waals surface area contributed by atoms with Crippen LogP contribution < -0.4 is 10.2 Å². The number of anilines is 2. The molecule has 0 aliphatic carbocycles. The van der Waals surface area contributed by atoms with E-state index in [0.29, 0.717) is 18.7 Å². The number of likely N-dealkylation sites (N-methyl/N-ethyl adjacent to an activating group) is 1. The van der Waals surface area contributed by atoms with E-state index in [1.54, 1.807) is 16.4 Å². The first kappa shape index (κ1) is 22.8. The molecule has 0 bridgehead atoms. The molecule has 8 heteroatoms. The van der Waals surface area contributed by atoms with Crippen LogP contribution in [0.2, 0.25) is 0 Å². The topological polar surface area (TPSA) is 73.0 Å². The number of rotatable bonds is 6. The van der Waals surface area contributed by atoms with Gasteiger partial charge in [0.25, 0.3) is 5.91 Å². The van der Waals surface area contributed by atoms with E-state index >= 15 is 0 Å². The maximum Gasteiger partial charge on any atom is 0.255 e. The minimum absolute atomic E-state index is 0.241. The second kappa shape index (κ2) is 10.0. The molecule has 7 nitrogen and oxygen atoms in total. The molecular formula is C24H32N4O3S. The van der Waals surface area contributed by atoms with Crippen molar-refractivity contribution in [3.63, 3.8) is 0 Å². The largest absolute Gasteiger partial charge is 0.367 e. The van der Waals surface area contributed by atoms with Crippen molar-refractivity contribution in [2.24, 2.45) is 0 Å². The highest BCUT2D eigenvalue weighted by atomic mass is 32.2. The lowest BCUT2D eigenvalue weighted by Crippen LogP contribution is -2.46. The van der Waals surface area contributed by atoms with Crippen LogP contribution in [0.1, 0.15) is 36.5 Å². The minimum Gasteiger partial charge on any atom is -0.367 e. The third-order valence-electron chi connectivity index (χ3n) is 6.38. The Labute approximate surface area is 191 Å². The molecule has 2 aromatic rings. The molecule has 0 aromatic heterocycles. The van der Waals surface area contributed by atoms with Crippen molar-refractivity contribution in [1.29, 1.82) is 0 Å². The van der Waals surface area contributed by atoms with Crippen molar-refractivity contribution in [3.8, 4) is 0 Å². The first-order valence-electron chi connectivity index (χ1n) is 11.5. The second-order valence-electron chi connectivity index (χ2n) is 8.38. The van der Waals surface area contributed by atoms with Gasteiger partial charge in [-0.3, -0.25) is 4.79 Å². The first-order chi connectivity index (χ1) is 15.5. The Bertz CT molecular complexity index is 1030. The molecule has 0 spiro atoms. The maximum atomic E-state index is 12.9. The Balaban J connectivity index is 1.46. The van der Waals surface area contributed by atoms with Crippen molar-refractivity contribution in [3.05, 3.63) is 54.1 Å². The average molecular weight is 457 g/mol. The smallest absolute Gasteiger partial charge is 0.255 e. The van der Waals surface area contributed by atoms with Crippen molar-refractivity contribution in [2.75, 3.05) is 56.0 Å². The number of para-hydroxylation sites is 2. The van der Waals surface area contributed by atoms with E-state index in [9.17, 15) is 13.2 Å². The molecule has 2 fully saturated rings. The van der Waals surface area contributed by atoms with Crippen LogP contribution in [0.5, 0.6) is 0 Å². The summed E-state index contributed by atoms with van der Waals surface area (Å²) in [6, 6.07) is 14.1. The minimum atomic E-state index is -3.50. The van der Waals surface area contributed by atoms with Gasteiger partial charge in [0.1, 0.15) is 0 Å². The average Bonchev–Trinajstić information content (AvgIpc) is 2.85. The summed E-state index contributed by atoms with van der Waals surface area (Å²) in [7, 11) is -3.50. The molecule has 172 valence electrons. The van der Waals surface area contributed by atoms with Crippen molar-refractivity contribution in [1.82, 2.24) is 9.21 Å². The zero-order valence-corrected chi connectivity index (χ0v) is 19.5. The number of piperazine rings is 1. The fraction of sp³-hybridized carbons (Fsp3) is 0.458. The second-order valence-corrected chi connectivity index (χ2v) is 10.3. The predicted octanol–water partition coefficient (Wildman–Crippen LogP) is 3.26. The van der Waals surface area contributed by atoms with Crippen LogP contribution in [0.15, 0.2) is 53.4 Å². The Kier molecular flexibility index (Phi) is 7.13. The number of hydrogen-bond acceptors (Lipinski definition) is 5. The van der Waals surface area contributed by atoms with Crippen molar-refractivity contribution < 1.29 is 13.2 Å². The molecule has 1 amide bonds. The number of benzene rings is 2. The first-order valence-corrected chi connectivity index (χ1v) is 12.9. The molecule has 1 N–H and O–H groups in total. The molecule has 4 rings (SSSR count). The number of carbonyl (C=O) groups excluding carboxylic acids is 1. The van der Waals surface area contributed by atoms with E-state index < -0.39 is 10.0 Å². The van der Waals surface area contributed by atoms with Gasteiger partial charge in [0.15, 0.2) is 0 Å². The zero-order valence-electron chi connectivity index (χ0n) is 18.7. The Hall–Kier alpha value is -2.42. The molecule has 0 atom stereocenters. The number of piperidine rings is 1. The van der Waals surface area contributed by atoms with Gasteiger partial charge in [-0.25, -0.2) is 8.42 Å². The maximum absolute atomic E-state index is 12.9.